The number of hydrogen-bond donors (Lipinski definition) is 1. The average Bonchev–Trinajstić information content (AvgIpc) is 2.37. The molecule has 0 atom stereocenters. The molecule has 0 bridgehead atoms. The van der Waals surface area contributed by atoms with E-state index in [1.165, 1.54) is 6.07 Å². The molecule has 1 heterocycles. The highest BCUT2D eigenvalue weighted by Gasteiger charge is 2.18. The second-order valence-electron chi connectivity index (χ2n) is 4.22. The summed E-state index contributed by atoms with van der Waals surface area (Å²) in [5.74, 6) is -0.204. The molecule has 1 aliphatic heterocycles. The predicted molar refractivity (Wildman–Crippen MR) is 76.0 cm³/mol. The molecule has 18 heavy (non-hydrogen) atoms. The number of nitrogens with one attached hydrogen (secondary N) is 1. The average molecular weight is 307 g/mol. The third-order valence-electron chi connectivity index (χ3n) is 3.02. The zero-order chi connectivity index (χ0) is 12.5. The van der Waals surface area contributed by atoms with Crippen molar-refractivity contribution in [1.29, 1.82) is 0 Å². The number of nitrogens with zero attached hydrogens (tertiary/aromatic N) is 1. The Hall–Kier alpha value is -1.55. The molecule has 3 rings (SSSR count). The van der Waals surface area contributed by atoms with E-state index in [4.69, 9.17) is 0 Å². The van der Waals surface area contributed by atoms with Crippen molar-refractivity contribution in [1.82, 2.24) is 0 Å². The molecule has 0 unspecified atom stereocenters. The van der Waals surface area contributed by atoms with E-state index < -0.39 is 0 Å². The van der Waals surface area contributed by atoms with Crippen LogP contribution >= 0.6 is 15.9 Å². The van der Waals surface area contributed by atoms with E-state index in [2.05, 4.69) is 26.1 Å². The second kappa shape index (κ2) is 4.61. The molecule has 0 aromatic heterocycles. The summed E-state index contributed by atoms with van der Waals surface area (Å²) in [5, 5.41) is 3.35. The molecule has 0 amide bonds. The Labute approximate surface area is 114 Å². The minimum Gasteiger partial charge on any atom is -0.382 e. The van der Waals surface area contributed by atoms with Crippen molar-refractivity contribution < 1.29 is 4.39 Å². The third-order valence-corrected chi connectivity index (χ3v) is 3.51. The van der Waals surface area contributed by atoms with E-state index in [1.54, 1.807) is 12.1 Å². The van der Waals surface area contributed by atoms with Crippen LogP contribution in [0.15, 0.2) is 46.9 Å². The van der Waals surface area contributed by atoms with Gasteiger partial charge < -0.3 is 10.2 Å². The molecule has 0 radical (unpaired) electrons. The Morgan fingerprint density at radius 3 is 2.89 bits per heavy atom. The van der Waals surface area contributed by atoms with Crippen molar-refractivity contribution in [3.63, 3.8) is 0 Å². The third kappa shape index (κ3) is 2.08. The lowest BCUT2D eigenvalue weighted by atomic mass is 10.1. The summed E-state index contributed by atoms with van der Waals surface area (Å²) in [7, 11) is 0. The fraction of sp³-hybridized carbons (Fsp3) is 0.143. The van der Waals surface area contributed by atoms with Gasteiger partial charge in [0.2, 0.25) is 0 Å². The molecule has 2 aromatic carbocycles. The molecule has 4 heteroatoms. The molecule has 2 aromatic rings. The Morgan fingerprint density at radius 2 is 2.06 bits per heavy atom. The standard InChI is InChI=1S/C14H12BrFN2/c15-10-4-5-14-13(8-10)17-6-7-18(14)12-3-1-2-11(16)9-12/h1-5,8-9,17H,6-7H2. The van der Waals surface area contributed by atoms with Gasteiger partial charge in [0, 0.05) is 23.2 Å². The molecule has 0 saturated carbocycles. The summed E-state index contributed by atoms with van der Waals surface area (Å²) in [4.78, 5) is 2.13. The Kier molecular flexibility index (Phi) is 2.96. The monoisotopic (exact) mass is 306 g/mol. The number of hydrogen-bond acceptors (Lipinski definition) is 2. The maximum Gasteiger partial charge on any atom is 0.125 e. The first-order chi connectivity index (χ1) is 8.74. The van der Waals surface area contributed by atoms with Crippen LogP contribution in [0.25, 0.3) is 0 Å². The van der Waals surface area contributed by atoms with E-state index in [1.807, 2.05) is 24.3 Å². The van der Waals surface area contributed by atoms with Crippen LogP contribution in [0.2, 0.25) is 0 Å². The zero-order valence-electron chi connectivity index (χ0n) is 9.66. The number of anilines is 3. The van der Waals surface area contributed by atoms with Gasteiger partial charge in [-0.3, -0.25) is 0 Å². The Bertz CT molecular complexity index is 586. The van der Waals surface area contributed by atoms with Crippen molar-refractivity contribution in [2.75, 3.05) is 23.3 Å². The van der Waals surface area contributed by atoms with Gasteiger partial charge in [0.15, 0.2) is 0 Å². The van der Waals surface area contributed by atoms with Crippen LogP contribution in [-0.2, 0) is 0 Å². The van der Waals surface area contributed by atoms with Gasteiger partial charge in [0.25, 0.3) is 0 Å². The fourth-order valence-corrected chi connectivity index (χ4v) is 2.58. The highest BCUT2D eigenvalue weighted by atomic mass is 79.9. The summed E-state index contributed by atoms with van der Waals surface area (Å²) in [6, 6.07) is 12.8. The van der Waals surface area contributed by atoms with Crippen LogP contribution in [0.3, 0.4) is 0 Å². The molecule has 0 aliphatic carbocycles. The quantitative estimate of drug-likeness (QED) is 0.851. The molecule has 0 saturated heterocycles. The number of benzene rings is 2. The summed E-state index contributed by atoms with van der Waals surface area (Å²) in [6.07, 6.45) is 0. The van der Waals surface area contributed by atoms with E-state index in [9.17, 15) is 4.39 Å². The van der Waals surface area contributed by atoms with Gasteiger partial charge in [0.1, 0.15) is 5.82 Å². The SMILES string of the molecule is Fc1cccc(N2CCNc3cc(Br)ccc32)c1. The summed E-state index contributed by atoms with van der Waals surface area (Å²) >= 11 is 3.46. The highest BCUT2D eigenvalue weighted by Crippen LogP contribution is 2.36. The van der Waals surface area contributed by atoms with E-state index in [0.29, 0.717) is 0 Å². The molecule has 2 nitrogen and oxygen atoms in total. The maximum absolute atomic E-state index is 13.3. The van der Waals surface area contributed by atoms with Gasteiger partial charge in [-0.15, -0.1) is 0 Å². The van der Waals surface area contributed by atoms with Crippen molar-refractivity contribution >= 4 is 33.0 Å². The first-order valence-electron chi connectivity index (χ1n) is 5.80. The van der Waals surface area contributed by atoms with Gasteiger partial charge in [-0.1, -0.05) is 22.0 Å². The Morgan fingerprint density at radius 1 is 1.17 bits per heavy atom. The van der Waals surface area contributed by atoms with Crippen molar-refractivity contribution in [2.45, 2.75) is 0 Å². The minimum atomic E-state index is -0.204. The molecular formula is C14H12BrFN2. The highest BCUT2D eigenvalue weighted by molar-refractivity contribution is 9.10. The molecule has 1 aliphatic rings. The predicted octanol–water partition coefficient (Wildman–Crippen LogP) is 4.15. The number of rotatable bonds is 1. The summed E-state index contributed by atoms with van der Waals surface area (Å²) in [5.41, 5.74) is 3.04. The van der Waals surface area contributed by atoms with Gasteiger partial charge in [-0.2, -0.15) is 0 Å². The summed E-state index contributed by atoms with van der Waals surface area (Å²) in [6.45, 7) is 1.68. The van der Waals surface area contributed by atoms with Crippen LogP contribution in [0.5, 0.6) is 0 Å². The van der Waals surface area contributed by atoms with E-state index in [-0.39, 0.29) is 5.82 Å². The topological polar surface area (TPSA) is 15.3 Å². The van der Waals surface area contributed by atoms with Gasteiger partial charge in [-0.25, -0.2) is 4.39 Å². The van der Waals surface area contributed by atoms with Crippen LogP contribution in [0.1, 0.15) is 0 Å². The van der Waals surface area contributed by atoms with Crippen molar-refractivity contribution in [3.05, 3.63) is 52.8 Å². The largest absolute Gasteiger partial charge is 0.382 e. The second-order valence-corrected chi connectivity index (χ2v) is 5.14. The van der Waals surface area contributed by atoms with Crippen LogP contribution in [-0.4, -0.2) is 13.1 Å². The van der Waals surface area contributed by atoms with Crippen LogP contribution < -0.4 is 10.2 Å². The van der Waals surface area contributed by atoms with Crippen LogP contribution in [0, 0.1) is 5.82 Å². The normalized spacial score (nSPS) is 14.0. The smallest absolute Gasteiger partial charge is 0.125 e. The lowest BCUT2D eigenvalue weighted by molar-refractivity contribution is 0.627. The zero-order valence-corrected chi connectivity index (χ0v) is 11.2. The van der Waals surface area contributed by atoms with E-state index >= 15 is 0 Å². The van der Waals surface area contributed by atoms with Crippen LogP contribution in [0.4, 0.5) is 21.5 Å². The van der Waals surface area contributed by atoms with E-state index in [0.717, 1.165) is 34.6 Å². The van der Waals surface area contributed by atoms with Gasteiger partial charge in [0.05, 0.1) is 11.4 Å². The molecule has 0 spiro atoms. The molecular weight excluding hydrogens is 295 g/mol. The molecule has 92 valence electrons. The van der Waals surface area contributed by atoms with Crippen molar-refractivity contribution in [3.8, 4) is 0 Å². The molecule has 1 N–H and O–H groups in total. The first-order valence-corrected chi connectivity index (χ1v) is 6.60. The lowest BCUT2D eigenvalue weighted by Gasteiger charge is -2.32. The number of fused-ring (bicyclic) bond motifs is 1. The maximum atomic E-state index is 13.3. The minimum absolute atomic E-state index is 0.204. The number of halogens is 2. The van der Waals surface area contributed by atoms with Crippen molar-refractivity contribution in [2.24, 2.45) is 0 Å². The van der Waals surface area contributed by atoms with Gasteiger partial charge >= 0.3 is 0 Å². The lowest BCUT2D eigenvalue weighted by Crippen LogP contribution is -2.30. The fourth-order valence-electron chi connectivity index (χ4n) is 2.22. The first kappa shape index (κ1) is 11.5. The molecule has 0 fully saturated rings. The summed E-state index contributed by atoms with van der Waals surface area (Å²) < 4.78 is 14.3. The Balaban J connectivity index is 2.06. The van der Waals surface area contributed by atoms with Gasteiger partial charge in [-0.05, 0) is 36.4 Å².